The Morgan fingerprint density at radius 1 is 1.40 bits per heavy atom. The predicted octanol–water partition coefficient (Wildman–Crippen LogP) is 1.96. The molecule has 0 saturated heterocycles. The third-order valence-corrected chi connectivity index (χ3v) is 2.08. The molecule has 0 saturated carbocycles. The van der Waals surface area contributed by atoms with E-state index in [2.05, 4.69) is 24.1 Å². The largest absolute Gasteiger partial charge is 0.495 e. The molecule has 1 aromatic rings. The Bertz CT molecular complexity index is 374. The summed E-state index contributed by atoms with van der Waals surface area (Å²) in [7, 11) is 3.60. The SMILES string of the molecule is CNCCC#Cc1cc(C)ccc1OC. The topological polar surface area (TPSA) is 21.3 Å². The van der Waals surface area contributed by atoms with Crippen LogP contribution in [0, 0.1) is 18.8 Å². The molecule has 0 aromatic heterocycles. The summed E-state index contributed by atoms with van der Waals surface area (Å²) in [4.78, 5) is 0. The van der Waals surface area contributed by atoms with Crippen LogP contribution in [0.5, 0.6) is 5.75 Å². The standard InChI is InChI=1S/C13H17NO/c1-11-7-8-13(15-3)12(10-11)6-4-5-9-14-2/h7-8,10,14H,5,9H2,1-3H3. The van der Waals surface area contributed by atoms with Crippen molar-refractivity contribution >= 4 is 0 Å². The molecule has 1 aromatic carbocycles. The predicted molar refractivity (Wildman–Crippen MR) is 63.2 cm³/mol. The lowest BCUT2D eigenvalue weighted by Crippen LogP contribution is -2.05. The number of aryl methyl sites for hydroxylation is 1. The highest BCUT2D eigenvalue weighted by molar-refractivity contribution is 5.47. The summed E-state index contributed by atoms with van der Waals surface area (Å²) in [6.45, 7) is 2.97. The molecule has 1 rings (SSSR count). The maximum absolute atomic E-state index is 5.24. The van der Waals surface area contributed by atoms with Gasteiger partial charge in [-0.25, -0.2) is 0 Å². The molecule has 0 amide bonds. The van der Waals surface area contributed by atoms with Gasteiger partial charge in [0, 0.05) is 13.0 Å². The molecule has 0 fully saturated rings. The molecule has 0 atom stereocenters. The van der Waals surface area contributed by atoms with Crippen molar-refractivity contribution in [2.75, 3.05) is 20.7 Å². The van der Waals surface area contributed by atoms with Crippen LogP contribution in [-0.2, 0) is 0 Å². The number of nitrogens with one attached hydrogen (secondary N) is 1. The van der Waals surface area contributed by atoms with E-state index < -0.39 is 0 Å². The van der Waals surface area contributed by atoms with E-state index in [1.54, 1.807) is 7.11 Å². The highest BCUT2D eigenvalue weighted by atomic mass is 16.5. The molecule has 0 aliphatic rings. The first-order valence-electron chi connectivity index (χ1n) is 5.06. The maximum atomic E-state index is 5.24. The van der Waals surface area contributed by atoms with Crippen molar-refractivity contribution in [2.45, 2.75) is 13.3 Å². The zero-order chi connectivity index (χ0) is 11.1. The van der Waals surface area contributed by atoms with Crippen LogP contribution in [0.15, 0.2) is 18.2 Å². The zero-order valence-electron chi connectivity index (χ0n) is 9.55. The fourth-order valence-electron chi connectivity index (χ4n) is 1.26. The highest BCUT2D eigenvalue weighted by Crippen LogP contribution is 2.18. The number of ether oxygens (including phenoxy) is 1. The van der Waals surface area contributed by atoms with Crippen molar-refractivity contribution in [2.24, 2.45) is 0 Å². The van der Waals surface area contributed by atoms with Gasteiger partial charge in [-0.2, -0.15) is 0 Å². The van der Waals surface area contributed by atoms with Gasteiger partial charge in [0.2, 0.25) is 0 Å². The van der Waals surface area contributed by atoms with E-state index >= 15 is 0 Å². The molecule has 0 heterocycles. The van der Waals surface area contributed by atoms with Crippen molar-refractivity contribution in [1.29, 1.82) is 0 Å². The van der Waals surface area contributed by atoms with Crippen LogP contribution >= 0.6 is 0 Å². The second-order valence-corrected chi connectivity index (χ2v) is 3.36. The number of methoxy groups -OCH3 is 1. The Hall–Kier alpha value is -1.46. The fourth-order valence-corrected chi connectivity index (χ4v) is 1.26. The number of hydrogen-bond donors (Lipinski definition) is 1. The molecule has 0 aliphatic carbocycles. The third kappa shape index (κ3) is 3.65. The first kappa shape index (κ1) is 11.6. The van der Waals surface area contributed by atoms with E-state index in [1.165, 1.54) is 5.56 Å². The lowest BCUT2D eigenvalue weighted by Gasteiger charge is -2.03. The summed E-state index contributed by atoms with van der Waals surface area (Å²) in [5.74, 6) is 7.08. The van der Waals surface area contributed by atoms with Crippen LogP contribution in [0.25, 0.3) is 0 Å². The van der Waals surface area contributed by atoms with E-state index in [-0.39, 0.29) is 0 Å². The number of hydrogen-bond acceptors (Lipinski definition) is 2. The van der Waals surface area contributed by atoms with Gasteiger partial charge >= 0.3 is 0 Å². The van der Waals surface area contributed by atoms with Gasteiger partial charge in [-0.3, -0.25) is 0 Å². The molecule has 15 heavy (non-hydrogen) atoms. The van der Waals surface area contributed by atoms with Crippen molar-refractivity contribution < 1.29 is 4.74 Å². The minimum atomic E-state index is 0.845. The van der Waals surface area contributed by atoms with Gasteiger partial charge in [-0.05, 0) is 31.7 Å². The van der Waals surface area contributed by atoms with E-state index in [0.717, 1.165) is 24.3 Å². The normalized spacial score (nSPS) is 9.27. The lowest BCUT2D eigenvalue weighted by molar-refractivity contribution is 0.413. The molecule has 0 aliphatic heterocycles. The van der Waals surface area contributed by atoms with Gasteiger partial charge in [0.05, 0.1) is 12.7 Å². The summed E-state index contributed by atoms with van der Waals surface area (Å²) >= 11 is 0. The van der Waals surface area contributed by atoms with E-state index in [1.807, 2.05) is 25.2 Å². The van der Waals surface area contributed by atoms with Crippen LogP contribution in [0.1, 0.15) is 17.5 Å². The molecule has 80 valence electrons. The Balaban J connectivity index is 2.80. The Morgan fingerprint density at radius 3 is 2.87 bits per heavy atom. The van der Waals surface area contributed by atoms with Crippen LogP contribution < -0.4 is 10.1 Å². The van der Waals surface area contributed by atoms with Crippen molar-refractivity contribution in [1.82, 2.24) is 5.32 Å². The summed E-state index contributed by atoms with van der Waals surface area (Å²) in [6, 6.07) is 6.03. The van der Waals surface area contributed by atoms with Gasteiger partial charge in [-0.15, -0.1) is 0 Å². The van der Waals surface area contributed by atoms with Crippen molar-refractivity contribution in [3.63, 3.8) is 0 Å². The van der Waals surface area contributed by atoms with Gasteiger partial charge in [0.1, 0.15) is 5.75 Å². The lowest BCUT2D eigenvalue weighted by atomic mass is 10.1. The molecule has 0 bridgehead atoms. The second kappa shape index (κ2) is 6.10. The monoisotopic (exact) mass is 203 g/mol. The smallest absolute Gasteiger partial charge is 0.134 e. The van der Waals surface area contributed by atoms with E-state index in [9.17, 15) is 0 Å². The molecule has 2 nitrogen and oxygen atoms in total. The van der Waals surface area contributed by atoms with Crippen LogP contribution in [0.2, 0.25) is 0 Å². The minimum Gasteiger partial charge on any atom is -0.495 e. The molecule has 1 N–H and O–H groups in total. The second-order valence-electron chi connectivity index (χ2n) is 3.36. The average molecular weight is 203 g/mol. The van der Waals surface area contributed by atoms with Crippen LogP contribution in [-0.4, -0.2) is 20.7 Å². The fraction of sp³-hybridized carbons (Fsp3) is 0.385. The quantitative estimate of drug-likeness (QED) is 0.599. The molecule has 2 heteroatoms. The number of rotatable bonds is 3. The maximum Gasteiger partial charge on any atom is 0.134 e. The minimum absolute atomic E-state index is 0.845. The Labute approximate surface area is 91.6 Å². The first-order valence-corrected chi connectivity index (χ1v) is 5.06. The zero-order valence-corrected chi connectivity index (χ0v) is 9.55. The molecule has 0 radical (unpaired) electrons. The summed E-state index contributed by atoms with van der Waals surface area (Å²) < 4.78 is 5.24. The van der Waals surface area contributed by atoms with Gasteiger partial charge in [0.15, 0.2) is 0 Å². The van der Waals surface area contributed by atoms with Gasteiger partial charge < -0.3 is 10.1 Å². The Kier molecular flexibility index (Phi) is 4.73. The number of benzene rings is 1. The molecule has 0 spiro atoms. The van der Waals surface area contributed by atoms with Crippen LogP contribution in [0.3, 0.4) is 0 Å². The molecular weight excluding hydrogens is 186 g/mol. The van der Waals surface area contributed by atoms with Crippen molar-refractivity contribution in [3.05, 3.63) is 29.3 Å². The van der Waals surface area contributed by atoms with Gasteiger partial charge in [0.25, 0.3) is 0 Å². The van der Waals surface area contributed by atoms with Crippen LogP contribution in [0.4, 0.5) is 0 Å². The van der Waals surface area contributed by atoms with Crippen molar-refractivity contribution in [3.8, 4) is 17.6 Å². The average Bonchev–Trinajstić information content (AvgIpc) is 2.25. The van der Waals surface area contributed by atoms with E-state index in [4.69, 9.17) is 4.74 Å². The summed E-state index contributed by atoms with van der Waals surface area (Å²) in [5, 5.41) is 3.06. The third-order valence-electron chi connectivity index (χ3n) is 2.08. The van der Waals surface area contributed by atoms with E-state index in [0.29, 0.717) is 0 Å². The summed E-state index contributed by atoms with van der Waals surface area (Å²) in [6.07, 6.45) is 0.855. The molecular formula is C13H17NO. The Morgan fingerprint density at radius 2 is 2.20 bits per heavy atom. The molecule has 0 unspecified atom stereocenters. The highest BCUT2D eigenvalue weighted by Gasteiger charge is 1.98. The first-order chi connectivity index (χ1) is 7.27. The summed E-state index contributed by atoms with van der Waals surface area (Å²) in [5.41, 5.74) is 2.17. The van der Waals surface area contributed by atoms with Gasteiger partial charge in [-0.1, -0.05) is 17.9 Å².